The second kappa shape index (κ2) is 6.24. The smallest absolute Gasteiger partial charge is 0.131 e. The van der Waals surface area contributed by atoms with Crippen LogP contribution in [-0.4, -0.2) is 21.8 Å². The van der Waals surface area contributed by atoms with Crippen LogP contribution in [0.4, 0.5) is 0 Å². The zero-order valence-corrected chi connectivity index (χ0v) is 12.8. The number of hydrogen-bond donors (Lipinski definition) is 1. The Morgan fingerprint density at radius 3 is 3.14 bits per heavy atom. The lowest BCUT2D eigenvalue weighted by Gasteiger charge is -2.07. The van der Waals surface area contributed by atoms with Crippen molar-refractivity contribution in [3.05, 3.63) is 40.5 Å². The summed E-state index contributed by atoms with van der Waals surface area (Å²) in [5.41, 5.74) is 1.89. The van der Waals surface area contributed by atoms with E-state index in [2.05, 4.69) is 15.2 Å². The number of ether oxygens (including phenoxy) is 2. The summed E-state index contributed by atoms with van der Waals surface area (Å²) in [5, 5.41) is 11.0. The topological polar surface area (TPSA) is 60.0 Å². The molecule has 3 aromatic rings. The van der Waals surface area contributed by atoms with E-state index in [4.69, 9.17) is 9.47 Å². The Kier molecular flexibility index (Phi) is 4.17. The SMILES string of the molecule is CCO[C@H](C)c1nc(COc2ccc3cn[nH]c3c2)cs1. The van der Waals surface area contributed by atoms with Gasteiger partial charge in [0.05, 0.1) is 17.4 Å². The van der Waals surface area contributed by atoms with Crippen LogP contribution in [0.25, 0.3) is 10.9 Å². The second-order valence-corrected chi connectivity index (χ2v) is 5.57. The molecule has 0 saturated carbocycles. The first-order valence-corrected chi connectivity index (χ1v) is 7.76. The van der Waals surface area contributed by atoms with Gasteiger partial charge >= 0.3 is 0 Å². The summed E-state index contributed by atoms with van der Waals surface area (Å²) >= 11 is 1.60. The predicted molar refractivity (Wildman–Crippen MR) is 82.6 cm³/mol. The van der Waals surface area contributed by atoms with Crippen molar-refractivity contribution in [3.63, 3.8) is 0 Å². The number of fused-ring (bicyclic) bond motifs is 1. The van der Waals surface area contributed by atoms with Gasteiger partial charge in [-0.25, -0.2) is 4.98 Å². The van der Waals surface area contributed by atoms with Gasteiger partial charge in [0, 0.05) is 23.4 Å². The number of rotatable bonds is 6. The highest BCUT2D eigenvalue weighted by molar-refractivity contribution is 7.09. The van der Waals surface area contributed by atoms with Gasteiger partial charge in [0.15, 0.2) is 0 Å². The lowest BCUT2D eigenvalue weighted by atomic mass is 10.2. The standard InChI is InChI=1S/C15H17N3O2S/c1-3-19-10(2)15-17-12(9-21-15)8-20-13-5-4-11-7-16-18-14(11)6-13/h4-7,9-10H,3,8H2,1-2H3,(H,16,18)/t10-/m1/s1. The second-order valence-electron chi connectivity index (χ2n) is 4.68. The molecule has 6 heteroatoms. The summed E-state index contributed by atoms with van der Waals surface area (Å²) in [6.45, 7) is 5.14. The molecule has 2 aromatic heterocycles. The highest BCUT2D eigenvalue weighted by atomic mass is 32.1. The summed E-state index contributed by atoms with van der Waals surface area (Å²) < 4.78 is 11.3. The summed E-state index contributed by atoms with van der Waals surface area (Å²) in [6, 6.07) is 5.87. The van der Waals surface area contributed by atoms with E-state index in [1.807, 2.05) is 37.4 Å². The van der Waals surface area contributed by atoms with Gasteiger partial charge in [-0.15, -0.1) is 11.3 Å². The molecule has 0 saturated heterocycles. The van der Waals surface area contributed by atoms with E-state index in [1.165, 1.54) is 0 Å². The summed E-state index contributed by atoms with van der Waals surface area (Å²) in [4.78, 5) is 4.54. The fourth-order valence-electron chi connectivity index (χ4n) is 2.06. The molecule has 110 valence electrons. The van der Waals surface area contributed by atoms with Crippen LogP contribution in [0.3, 0.4) is 0 Å². The molecular formula is C15H17N3O2S. The van der Waals surface area contributed by atoms with Gasteiger partial charge in [0.25, 0.3) is 0 Å². The molecule has 0 bridgehead atoms. The number of benzene rings is 1. The van der Waals surface area contributed by atoms with Gasteiger partial charge in [-0.3, -0.25) is 5.10 Å². The first-order chi connectivity index (χ1) is 10.3. The van der Waals surface area contributed by atoms with Crippen molar-refractivity contribution in [2.24, 2.45) is 0 Å². The Bertz CT molecular complexity index is 722. The highest BCUT2D eigenvalue weighted by Crippen LogP contribution is 2.23. The molecule has 5 nitrogen and oxygen atoms in total. The van der Waals surface area contributed by atoms with Crippen molar-refractivity contribution in [1.82, 2.24) is 15.2 Å². The maximum atomic E-state index is 5.78. The van der Waals surface area contributed by atoms with Crippen LogP contribution in [0, 0.1) is 0 Å². The third kappa shape index (κ3) is 3.22. The molecule has 2 heterocycles. The van der Waals surface area contributed by atoms with Gasteiger partial charge < -0.3 is 9.47 Å². The molecular weight excluding hydrogens is 286 g/mol. The summed E-state index contributed by atoms with van der Waals surface area (Å²) in [5.74, 6) is 0.805. The first kappa shape index (κ1) is 14.0. The third-order valence-corrected chi connectivity index (χ3v) is 4.19. The third-order valence-electron chi connectivity index (χ3n) is 3.13. The summed E-state index contributed by atoms with van der Waals surface area (Å²) in [7, 11) is 0. The average Bonchev–Trinajstić information content (AvgIpc) is 3.14. The monoisotopic (exact) mass is 303 g/mol. The number of aromatic nitrogens is 3. The van der Waals surface area contributed by atoms with E-state index in [9.17, 15) is 0 Å². The van der Waals surface area contributed by atoms with Crippen LogP contribution in [-0.2, 0) is 11.3 Å². The van der Waals surface area contributed by atoms with Crippen molar-refractivity contribution in [2.45, 2.75) is 26.6 Å². The van der Waals surface area contributed by atoms with Crippen molar-refractivity contribution in [3.8, 4) is 5.75 Å². The Morgan fingerprint density at radius 2 is 2.29 bits per heavy atom. The molecule has 0 unspecified atom stereocenters. The molecule has 0 amide bonds. The van der Waals surface area contributed by atoms with E-state index in [0.29, 0.717) is 13.2 Å². The molecule has 0 radical (unpaired) electrons. The fraction of sp³-hybridized carbons (Fsp3) is 0.333. The molecule has 21 heavy (non-hydrogen) atoms. The van der Waals surface area contributed by atoms with Gasteiger partial charge in [0.2, 0.25) is 0 Å². The minimum Gasteiger partial charge on any atom is -0.487 e. The normalized spacial score (nSPS) is 12.7. The number of nitrogens with one attached hydrogen (secondary N) is 1. The Morgan fingerprint density at radius 1 is 1.38 bits per heavy atom. The molecule has 0 spiro atoms. The fourth-order valence-corrected chi connectivity index (χ4v) is 2.87. The van der Waals surface area contributed by atoms with Gasteiger partial charge in [-0.05, 0) is 26.0 Å². The van der Waals surface area contributed by atoms with E-state index in [-0.39, 0.29) is 6.10 Å². The van der Waals surface area contributed by atoms with Crippen molar-refractivity contribution in [2.75, 3.05) is 6.61 Å². The van der Waals surface area contributed by atoms with Crippen molar-refractivity contribution < 1.29 is 9.47 Å². The van der Waals surface area contributed by atoms with Gasteiger partial charge in [-0.2, -0.15) is 5.10 Å². The largest absolute Gasteiger partial charge is 0.487 e. The molecule has 1 aromatic carbocycles. The first-order valence-electron chi connectivity index (χ1n) is 6.88. The lowest BCUT2D eigenvalue weighted by Crippen LogP contribution is -2.00. The van der Waals surface area contributed by atoms with E-state index >= 15 is 0 Å². The van der Waals surface area contributed by atoms with Crippen LogP contribution in [0.5, 0.6) is 5.75 Å². The molecule has 1 N–H and O–H groups in total. The Labute approximate surface area is 126 Å². The van der Waals surface area contributed by atoms with E-state index in [0.717, 1.165) is 27.4 Å². The highest BCUT2D eigenvalue weighted by Gasteiger charge is 2.10. The lowest BCUT2D eigenvalue weighted by molar-refractivity contribution is 0.0760. The van der Waals surface area contributed by atoms with Gasteiger partial charge in [0.1, 0.15) is 23.5 Å². The maximum Gasteiger partial charge on any atom is 0.131 e. The zero-order valence-electron chi connectivity index (χ0n) is 12.0. The van der Waals surface area contributed by atoms with Crippen LogP contribution in [0.2, 0.25) is 0 Å². The molecule has 0 fully saturated rings. The minimum absolute atomic E-state index is 0.0371. The van der Waals surface area contributed by atoms with Crippen LogP contribution >= 0.6 is 11.3 Å². The van der Waals surface area contributed by atoms with Crippen LogP contribution in [0.15, 0.2) is 29.8 Å². The number of H-pyrrole nitrogens is 1. The van der Waals surface area contributed by atoms with Gasteiger partial charge in [-0.1, -0.05) is 0 Å². The molecule has 1 atom stereocenters. The van der Waals surface area contributed by atoms with Crippen LogP contribution < -0.4 is 4.74 Å². The quantitative estimate of drug-likeness (QED) is 0.754. The van der Waals surface area contributed by atoms with E-state index in [1.54, 1.807) is 17.5 Å². The number of nitrogens with zero attached hydrogens (tertiary/aromatic N) is 2. The maximum absolute atomic E-state index is 5.78. The van der Waals surface area contributed by atoms with Crippen molar-refractivity contribution >= 4 is 22.2 Å². The number of thiazole rings is 1. The predicted octanol–water partition coefficient (Wildman–Crippen LogP) is 3.70. The molecule has 0 aliphatic carbocycles. The van der Waals surface area contributed by atoms with Crippen LogP contribution in [0.1, 0.15) is 30.7 Å². The number of hydrogen-bond acceptors (Lipinski definition) is 5. The zero-order chi connectivity index (χ0) is 14.7. The Hall–Kier alpha value is -1.92. The minimum atomic E-state index is 0.0371. The molecule has 0 aliphatic heterocycles. The number of aromatic amines is 1. The average molecular weight is 303 g/mol. The van der Waals surface area contributed by atoms with E-state index < -0.39 is 0 Å². The van der Waals surface area contributed by atoms with Crippen molar-refractivity contribution in [1.29, 1.82) is 0 Å². The Balaban J connectivity index is 1.64. The summed E-state index contributed by atoms with van der Waals surface area (Å²) in [6.07, 6.45) is 1.83. The molecule has 3 rings (SSSR count). The molecule has 0 aliphatic rings.